The van der Waals surface area contributed by atoms with E-state index in [0.717, 1.165) is 36.7 Å². The summed E-state index contributed by atoms with van der Waals surface area (Å²) in [7, 11) is 1.66. The molecule has 25 heavy (non-hydrogen) atoms. The molecule has 0 saturated heterocycles. The minimum Gasteiger partial charge on any atom is -0.494 e. The summed E-state index contributed by atoms with van der Waals surface area (Å²) in [5.41, 5.74) is 8.43. The Labute approximate surface area is 150 Å². The third kappa shape index (κ3) is 5.40. The van der Waals surface area contributed by atoms with E-state index in [9.17, 15) is 0 Å². The van der Waals surface area contributed by atoms with E-state index >= 15 is 0 Å². The van der Waals surface area contributed by atoms with Crippen molar-refractivity contribution in [3.05, 3.63) is 53.6 Å². The first-order valence-corrected chi connectivity index (χ1v) is 8.94. The number of methoxy groups -OCH3 is 1. The molecule has 0 radical (unpaired) electrons. The molecule has 4 nitrogen and oxygen atoms in total. The van der Waals surface area contributed by atoms with Crippen LogP contribution < -0.4 is 19.9 Å². The van der Waals surface area contributed by atoms with Gasteiger partial charge in [0.15, 0.2) is 11.5 Å². The summed E-state index contributed by atoms with van der Waals surface area (Å²) in [6.07, 6.45) is 1.84. The number of rotatable bonds is 10. The molecule has 0 amide bonds. The van der Waals surface area contributed by atoms with Crippen molar-refractivity contribution in [2.75, 3.05) is 26.9 Å². The zero-order valence-electron chi connectivity index (χ0n) is 15.5. The van der Waals surface area contributed by atoms with E-state index in [1.54, 1.807) is 7.11 Å². The van der Waals surface area contributed by atoms with Gasteiger partial charge in [-0.05, 0) is 61.7 Å². The summed E-state index contributed by atoms with van der Waals surface area (Å²) in [6, 6.07) is 14.3. The fraction of sp³-hybridized carbons (Fsp3) is 0.429. The van der Waals surface area contributed by atoms with Crippen LogP contribution in [-0.4, -0.2) is 26.9 Å². The SMILES string of the molecule is CCCOc1cccc(C(CN)Cc2ccc(OCC)c(OC)c2)c1. The molecule has 1 atom stereocenters. The Hall–Kier alpha value is -2.20. The first-order chi connectivity index (χ1) is 12.2. The summed E-state index contributed by atoms with van der Waals surface area (Å²) in [4.78, 5) is 0. The van der Waals surface area contributed by atoms with E-state index in [1.165, 1.54) is 11.1 Å². The second-order valence-electron chi connectivity index (χ2n) is 5.98. The molecule has 0 spiro atoms. The molecule has 2 aromatic carbocycles. The Bertz CT molecular complexity index is 657. The zero-order chi connectivity index (χ0) is 18.1. The summed E-state index contributed by atoms with van der Waals surface area (Å²) < 4.78 is 16.8. The van der Waals surface area contributed by atoms with Crippen molar-refractivity contribution in [2.24, 2.45) is 5.73 Å². The van der Waals surface area contributed by atoms with Crippen molar-refractivity contribution in [3.63, 3.8) is 0 Å². The number of ether oxygens (including phenoxy) is 3. The highest BCUT2D eigenvalue weighted by Gasteiger charge is 2.14. The molecule has 2 aromatic rings. The van der Waals surface area contributed by atoms with Crippen molar-refractivity contribution in [2.45, 2.75) is 32.6 Å². The van der Waals surface area contributed by atoms with Crippen molar-refractivity contribution in [1.82, 2.24) is 0 Å². The lowest BCUT2D eigenvalue weighted by Gasteiger charge is -2.18. The molecule has 4 heteroatoms. The first-order valence-electron chi connectivity index (χ1n) is 8.94. The van der Waals surface area contributed by atoms with E-state index in [1.807, 2.05) is 31.2 Å². The van der Waals surface area contributed by atoms with Crippen LogP contribution in [0.15, 0.2) is 42.5 Å². The van der Waals surface area contributed by atoms with E-state index in [0.29, 0.717) is 13.2 Å². The molecule has 0 aromatic heterocycles. The van der Waals surface area contributed by atoms with Gasteiger partial charge in [0, 0.05) is 5.92 Å². The maximum atomic E-state index is 6.05. The van der Waals surface area contributed by atoms with E-state index in [4.69, 9.17) is 19.9 Å². The molecular formula is C21H29NO3. The molecule has 0 aliphatic carbocycles. The van der Waals surface area contributed by atoms with E-state index < -0.39 is 0 Å². The van der Waals surface area contributed by atoms with Crippen LogP contribution >= 0.6 is 0 Å². The summed E-state index contributed by atoms with van der Waals surface area (Å²) in [6.45, 7) is 5.99. The second-order valence-corrected chi connectivity index (χ2v) is 5.98. The Morgan fingerprint density at radius 2 is 1.84 bits per heavy atom. The fourth-order valence-electron chi connectivity index (χ4n) is 2.81. The van der Waals surface area contributed by atoms with Gasteiger partial charge < -0.3 is 19.9 Å². The van der Waals surface area contributed by atoms with Gasteiger partial charge in [-0.2, -0.15) is 0 Å². The standard InChI is InChI=1S/C21H29NO3/c1-4-11-25-19-8-6-7-17(14-19)18(15-22)12-16-9-10-20(24-5-2)21(13-16)23-3/h6-10,13-14,18H,4-5,11-12,15,22H2,1-3H3. The van der Waals surface area contributed by atoms with Crippen LogP contribution in [-0.2, 0) is 6.42 Å². The highest BCUT2D eigenvalue weighted by Crippen LogP contribution is 2.31. The minimum atomic E-state index is 0.229. The van der Waals surface area contributed by atoms with Gasteiger partial charge in [0.1, 0.15) is 5.75 Å². The minimum absolute atomic E-state index is 0.229. The van der Waals surface area contributed by atoms with Gasteiger partial charge in [-0.1, -0.05) is 25.1 Å². The van der Waals surface area contributed by atoms with E-state index in [2.05, 4.69) is 25.1 Å². The van der Waals surface area contributed by atoms with E-state index in [-0.39, 0.29) is 5.92 Å². The third-order valence-corrected chi connectivity index (χ3v) is 4.10. The van der Waals surface area contributed by atoms with Gasteiger partial charge in [0.05, 0.1) is 20.3 Å². The topological polar surface area (TPSA) is 53.7 Å². The van der Waals surface area contributed by atoms with Gasteiger partial charge in [0.25, 0.3) is 0 Å². The van der Waals surface area contributed by atoms with Gasteiger partial charge in [-0.25, -0.2) is 0 Å². The molecule has 2 N–H and O–H groups in total. The van der Waals surface area contributed by atoms with Gasteiger partial charge in [0.2, 0.25) is 0 Å². The summed E-state index contributed by atoms with van der Waals surface area (Å²) in [5, 5.41) is 0. The molecule has 0 fully saturated rings. The molecule has 0 heterocycles. The fourth-order valence-corrected chi connectivity index (χ4v) is 2.81. The highest BCUT2D eigenvalue weighted by atomic mass is 16.5. The summed E-state index contributed by atoms with van der Waals surface area (Å²) in [5.74, 6) is 2.66. The predicted octanol–water partition coefficient (Wildman–Crippen LogP) is 4.17. The van der Waals surface area contributed by atoms with Crippen LogP contribution in [0.2, 0.25) is 0 Å². The highest BCUT2D eigenvalue weighted by molar-refractivity contribution is 5.43. The maximum absolute atomic E-state index is 6.05. The van der Waals surface area contributed by atoms with Crippen molar-refractivity contribution < 1.29 is 14.2 Å². The van der Waals surface area contributed by atoms with Crippen LogP contribution in [0, 0.1) is 0 Å². The lowest BCUT2D eigenvalue weighted by Crippen LogP contribution is -2.15. The van der Waals surface area contributed by atoms with Crippen LogP contribution in [0.25, 0.3) is 0 Å². The average molecular weight is 343 g/mol. The zero-order valence-corrected chi connectivity index (χ0v) is 15.5. The average Bonchev–Trinajstić information content (AvgIpc) is 2.65. The Morgan fingerprint density at radius 3 is 2.52 bits per heavy atom. The normalized spacial score (nSPS) is 11.8. The number of benzene rings is 2. The lowest BCUT2D eigenvalue weighted by molar-refractivity contribution is 0.310. The molecule has 0 saturated carbocycles. The number of hydrogen-bond donors (Lipinski definition) is 1. The number of hydrogen-bond acceptors (Lipinski definition) is 4. The molecule has 0 aliphatic rings. The Morgan fingerprint density at radius 1 is 1.00 bits per heavy atom. The molecule has 0 bridgehead atoms. The van der Waals surface area contributed by atoms with Crippen LogP contribution in [0.4, 0.5) is 0 Å². The van der Waals surface area contributed by atoms with Crippen LogP contribution in [0.5, 0.6) is 17.2 Å². The predicted molar refractivity (Wildman–Crippen MR) is 102 cm³/mol. The van der Waals surface area contributed by atoms with Crippen molar-refractivity contribution in [1.29, 1.82) is 0 Å². The van der Waals surface area contributed by atoms with Gasteiger partial charge in [-0.3, -0.25) is 0 Å². The van der Waals surface area contributed by atoms with Crippen LogP contribution in [0.3, 0.4) is 0 Å². The summed E-state index contributed by atoms with van der Waals surface area (Å²) >= 11 is 0. The lowest BCUT2D eigenvalue weighted by atomic mass is 9.92. The smallest absolute Gasteiger partial charge is 0.161 e. The molecule has 2 rings (SSSR count). The van der Waals surface area contributed by atoms with Gasteiger partial charge in [-0.15, -0.1) is 0 Å². The Balaban J connectivity index is 2.16. The van der Waals surface area contributed by atoms with Crippen molar-refractivity contribution >= 4 is 0 Å². The first kappa shape index (κ1) is 19.1. The van der Waals surface area contributed by atoms with Crippen LogP contribution in [0.1, 0.15) is 37.3 Å². The third-order valence-electron chi connectivity index (χ3n) is 4.10. The largest absolute Gasteiger partial charge is 0.494 e. The Kier molecular flexibility index (Phi) is 7.61. The van der Waals surface area contributed by atoms with Crippen molar-refractivity contribution in [3.8, 4) is 17.2 Å². The van der Waals surface area contributed by atoms with Gasteiger partial charge >= 0.3 is 0 Å². The molecule has 0 aliphatic heterocycles. The number of nitrogens with two attached hydrogens (primary N) is 1. The molecule has 136 valence electrons. The molecule has 1 unspecified atom stereocenters. The maximum Gasteiger partial charge on any atom is 0.161 e. The second kappa shape index (κ2) is 9.94. The molecular weight excluding hydrogens is 314 g/mol. The monoisotopic (exact) mass is 343 g/mol. The quantitative estimate of drug-likeness (QED) is 0.703.